The van der Waals surface area contributed by atoms with Gasteiger partial charge in [-0.2, -0.15) is 5.10 Å². The zero-order valence-corrected chi connectivity index (χ0v) is 20.8. The molecule has 1 atom stereocenters. The van der Waals surface area contributed by atoms with Gasteiger partial charge < -0.3 is 19.9 Å². The lowest BCUT2D eigenvalue weighted by atomic mass is 9.92. The molecular formula is C26H35N5O4. The molecule has 0 bridgehead atoms. The second-order valence-corrected chi connectivity index (χ2v) is 9.35. The van der Waals surface area contributed by atoms with Gasteiger partial charge >= 0.3 is 5.97 Å². The maximum Gasteiger partial charge on any atom is 0.310 e. The maximum absolute atomic E-state index is 13.3. The number of nitrogens with one attached hydrogen (secondary N) is 1. The van der Waals surface area contributed by atoms with Crippen LogP contribution < -0.4 is 10.2 Å². The Balaban J connectivity index is 1.48. The van der Waals surface area contributed by atoms with Gasteiger partial charge in [0.05, 0.1) is 23.9 Å². The van der Waals surface area contributed by atoms with Crippen molar-refractivity contribution in [1.82, 2.24) is 14.7 Å². The quantitative estimate of drug-likeness (QED) is 0.637. The third-order valence-corrected chi connectivity index (χ3v) is 6.83. The van der Waals surface area contributed by atoms with Gasteiger partial charge in [0, 0.05) is 39.0 Å². The van der Waals surface area contributed by atoms with Crippen molar-refractivity contribution < 1.29 is 19.1 Å². The predicted molar refractivity (Wildman–Crippen MR) is 133 cm³/mol. The van der Waals surface area contributed by atoms with E-state index in [0.29, 0.717) is 51.3 Å². The predicted octanol–water partition coefficient (Wildman–Crippen LogP) is 3.16. The number of nitrogens with zero attached hydrogens (tertiary/aromatic N) is 4. The highest BCUT2D eigenvalue weighted by atomic mass is 16.5. The molecule has 9 heteroatoms. The van der Waals surface area contributed by atoms with Crippen LogP contribution in [0.2, 0.25) is 0 Å². The number of carbonyl (C=O) groups excluding carboxylic acids is 3. The molecule has 1 aromatic heterocycles. The van der Waals surface area contributed by atoms with E-state index in [1.807, 2.05) is 46.8 Å². The Kier molecular flexibility index (Phi) is 7.73. The normalized spacial score (nSPS) is 18.9. The molecule has 0 saturated carbocycles. The number of carbonyl (C=O) groups is 3. The summed E-state index contributed by atoms with van der Waals surface area (Å²) >= 11 is 0. The molecule has 0 radical (unpaired) electrons. The van der Waals surface area contributed by atoms with Crippen LogP contribution in [0.5, 0.6) is 0 Å². The molecule has 1 aromatic carbocycles. The number of para-hydroxylation sites is 1. The topological polar surface area (TPSA) is 96.8 Å². The highest BCUT2D eigenvalue weighted by molar-refractivity contribution is 5.93. The average Bonchev–Trinajstić information content (AvgIpc) is 3.19. The number of aromatic nitrogens is 2. The number of rotatable bonds is 6. The van der Waals surface area contributed by atoms with Crippen LogP contribution in [0.3, 0.4) is 0 Å². The van der Waals surface area contributed by atoms with Crippen molar-refractivity contribution in [2.75, 3.05) is 43.0 Å². The molecule has 2 aromatic rings. The summed E-state index contributed by atoms with van der Waals surface area (Å²) in [6.45, 7) is 8.05. The Morgan fingerprint density at radius 1 is 1.06 bits per heavy atom. The third-order valence-electron chi connectivity index (χ3n) is 6.83. The number of piperidine rings is 2. The van der Waals surface area contributed by atoms with Crippen LogP contribution in [0, 0.1) is 18.8 Å². The van der Waals surface area contributed by atoms with E-state index in [1.165, 1.54) is 6.92 Å². The molecule has 0 aliphatic carbocycles. The van der Waals surface area contributed by atoms with E-state index in [-0.39, 0.29) is 29.6 Å². The molecule has 9 nitrogen and oxygen atoms in total. The fraction of sp³-hybridized carbons (Fsp3) is 0.538. The van der Waals surface area contributed by atoms with Crippen LogP contribution in [0.25, 0.3) is 5.69 Å². The number of amides is 2. The van der Waals surface area contributed by atoms with E-state index < -0.39 is 0 Å². The van der Waals surface area contributed by atoms with Crippen molar-refractivity contribution in [3.8, 4) is 5.69 Å². The van der Waals surface area contributed by atoms with Crippen molar-refractivity contribution in [2.45, 2.75) is 46.5 Å². The molecule has 35 heavy (non-hydrogen) atoms. The summed E-state index contributed by atoms with van der Waals surface area (Å²) in [5.41, 5.74) is 2.37. The van der Waals surface area contributed by atoms with Gasteiger partial charge in [-0.1, -0.05) is 18.2 Å². The molecule has 0 unspecified atom stereocenters. The monoisotopic (exact) mass is 481 g/mol. The Labute approximate surface area is 206 Å². The minimum absolute atomic E-state index is 0.0781. The number of aryl methyl sites for hydroxylation is 1. The minimum atomic E-state index is -0.226. The Bertz CT molecular complexity index is 1060. The second kappa shape index (κ2) is 10.9. The fourth-order valence-corrected chi connectivity index (χ4v) is 5.10. The highest BCUT2D eigenvalue weighted by Gasteiger charge is 2.35. The zero-order chi connectivity index (χ0) is 24.9. The molecule has 188 valence electrons. The van der Waals surface area contributed by atoms with Crippen LogP contribution in [-0.2, 0) is 19.1 Å². The Morgan fingerprint density at radius 2 is 1.77 bits per heavy atom. The lowest BCUT2D eigenvalue weighted by Gasteiger charge is -2.38. The van der Waals surface area contributed by atoms with E-state index in [1.54, 1.807) is 6.92 Å². The number of hydrogen-bond donors (Lipinski definition) is 1. The van der Waals surface area contributed by atoms with Gasteiger partial charge in [0.2, 0.25) is 11.8 Å². The summed E-state index contributed by atoms with van der Waals surface area (Å²) in [5, 5.41) is 7.68. The van der Waals surface area contributed by atoms with E-state index in [2.05, 4.69) is 10.2 Å². The van der Waals surface area contributed by atoms with Crippen molar-refractivity contribution in [1.29, 1.82) is 0 Å². The minimum Gasteiger partial charge on any atom is -0.466 e. The first-order valence-corrected chi connectivity index (χ1v) is 12.5. The van der Waals surface area contributed by atoms with Crippen molar-refractivity contribution in [3.05, 3.63) is 36.0 Å². The van der Waals surface area contributed by atoms with Gasteiger partial charge in [-0.25, -0.2) is 4.68 Å². The number of ether oxygens (including phenoxy) is 1. The van der Waals surface area contributed by atoms with Gasteiger partial charge in [0.25, 0.3) is 0 Å². The van der Waals surface area contributed by atoms with Gasteiger partial charge in [-0.05, 0) is 51.7 Å². The van der Waals surface area contributed by atoms with Crippen molar-refractivity contribution >= 4 is 29.3 Å². The summed E-state index contributed by atoms with van der Waals surface area (Å²) in [7, 11) is 0. The van der Waals surface area contributed by atoms with Crippen LogP contribution in [0.15, 0.2) is 30.3 Å². The number of hydrogen-bond acceptors (Lipinski definition) is 6. The maximum atomic E-state index is 13.3. The van der Waals surface area contributed by atoms with Gasteiger partial charge in [-0.15, -0.1) is 0 Å². The smallest absolute Gasteiger partial charge is 0.310 e. The van der Waals surface area contributed by atoms with Crippen LogP contribution in [0.1, 0.15) is 45.2 Å². The van der Waals surface area contributed by atoms with Crippen LogP contribution in [0.4, 0.5) is 11.5 Å². The van der Waals surface area contributed by atoms with E-state index in [9.17, 15) is 14.4 Å². The average molecular weight is 482 g/mol. The van der Waals surface area contributed by atoms with E-state index in [0.717, 1.165) is 30.0 Å². The standard InChI is InChI=1S/C26H35N5O4/c1-4-35-26(34)21-9-8-14-30(17-21)25(33)20-12-15-29(16-13-20)24-23(27-19(3)32)18(2)28-31(24)22-10-6-5-7-11-22/h5-7,10-11,20-21H,4,8-9,12-17H2,1-3H3,(H,27,32)/t21-/m1/s1. The first kappa shape index (κ1) is 24.8. The first-order chi connectivity index (χ1) is 16.9. The molecule has 2 aliphatic rings. The third kappa shape index (κ3) is 5.49. The number of likely N-dealkylation sites (tertiary alicyclic amines) is 1. The van der Waals surface area contributed by atoms with Crippen LogP contribution in [-0.4, -0.2) is 65.2 Å². The molecule has 0 spiro atoms. The summed E-state index contributed by atoms with van der Waals surface area (Å²) in [4.78, 5) is 41.5. The highest BCUT2D eigenvalue weighted by Crippen LogP contribution is 2.35. The molecule has 2 saturated heterocycles. The van der Waals surface area contributed by atoms with E-state index in [4.69, 9.17) is 9.84 Å². The SMILES string of the molecule is CCOC(=O)[C@@H]1CCCN(C(=O)C2CCN(c3c(NC(C)=O)c(C)nn3-c3ccccc3)CC2)C1. The first-order valence-electron chi connectivity index (χ1n) is 12.5. The molecular weight excluding hydrogens is 446 g/mol. The summed E-state index contributed by atoms with van der Waals surface area (Å²) in [5.74, 6) is 0.327. The molecule has 2 fully saturated rings. The molecule has 3 heterocycles. The zero-order valence-electron chi connectivity index (χ0n) is 20.8. The summed E-state index contributed by atoms with van der Waals surface area (Å²) < 4.78 is 7.06. The largest absolute Gasteiger partial charge is 0.466 e. The van der Waals surface area contributed by atoms with Gasteiger partial charge in [-0.3, -0.25) is 14.4 Å². The Morgan fingerprint density at radius 3 is 2.43 bits per heavy atom. The van der Waals surface area contributed by atoms with Crippen molar-refractivity contribution in [2.24, 2.45) is 11.8 Å². The van der Waals surface area contributed by atoms with Crippen LogP contribution >= 0.6 is 0 Å². The molecule has 2 aliphatic heterocycles. The van der Waals surface area contributed by atoms with E-state index >= 15 is 0 Å². The lowest BCUT2D eigenvalue weighted by molar-refractivity contribution is -0.152. The fourth-order valence-electron chi connectivity index (χ4n) is 5.10. The number of anilines is 2. The van der Waals surface area contributed by atoms with Gasteiger partial charge in [0.15, 0.2) is 5.82 Å². The summed E-state index contributed by atoms with van der Waals surface area (Å²) in [6.07, 6.45) is 3.01. The van der Waals surface area contributed by atoms with Crippen molar-refractivity contribution in [3.63, 3.8) is 0 Å². The lowest BCUT2D eigenvalue weighted by Crippen LogP contribution is -2.48. The number of esters is 1. The van der Waals surface area contributed by atoms with Gasteiger partial charge in [0.1, 0.15) is 5.69 Å². The molecule has 1 N–H and O–H groups in total. The molecule has 4 rings (SSSR count). The second-order valence-electron chi connectivity index (χ2n) is 9.35. The number of benzene rings is 1. The Hall–Kier alpha value is -3.36. The molecule has 2 amide bonds. The summed E-state index contributed by atoms with van der Waals surface area (Å²) in [6, 6.07) is 9.85.